The lowest BCUT2D eigenvalue weighted by atomic mass is 10.1. The summed E-state index contributed by atoms with van der Waals surface area (Å²) in [5.41, 5.74) is 2.60. The van der Waals surface area contributed by atoms with E-state index in [4.69, 9.17) is 23.2 Å². The summed E-state index contributed by atoms with van der Waals surface area (Å²) in [6, 6.07) is 13.0. The van der Waals surface area contributed by atoms with Gasteiger partial charge in [0.25, 0.3) is 5.56 Å². The first kappa shape index (κ1) is 16.3. The SMILES string of the molecule is Cc1ccccc1-c1nnc2s/c(=C\c3ccc(Cl)c(Cl)c3)c(=O)n12. The van der Waals surface area contributed by atoms with Crippen molar-refractivity contribution in [2.45, 2.75) is 6.92 Å². The maximum absolute atomic E-state index is 12.9. The molecule has 0 unspecified atom stereocenters. The van der Waals surface area contributed by atoms with Gasteiger partial charge in [0.2, 0.25) is 4.96 Å². The van der Waals surface area contributed by atoms with Crippen molar-refractivity contribution in [3.63, 3.8) is 0 Å². The second kappa shape index (κ2) is 6.26. The minimum absolute atomic E-state index is 0.144. The van der Waals surface area contributed by atoms with E-state index in [-0.39, 0.29) is 5.56 Å². The Hall–Kier alpha value is -2.21. The maximum Gasteiger partial charge on any atom is 0.276 e. The van der Waals surface area contributed by atoms with Crippen LogP contribution in [-0.2, 0) is 0 Å². The molecule has 4 rings (SSSR count). The van der Waals surface area contributed by atoms with Crippen molar-refractivity contribution in [3.05, 3.63) is 78.5 Å². The van der Waals surface area contributed by atoms with Gasteiger partial charge in [-0.25, -0.2) is 4.40 Å². The van der Waals surface area contributed by atoms with E-state index in [0.717, 1.165) is 16.7 Å². The van der Waals surface area contributed by atoms with Crippen LogP contribution in [0.4, 0.5) is 0 Å². The lowest BCUT2D eigenvalue weighted by Crippen LogP contribution is -2.23. The van der Waals surface area contributed by atoms with Crippen molar-refractivity contribution in [2.24, 2.45) is 0 Å². The Labute approximate surface area is 157 Å². The Balaban J connectivity index is 1.93. The summed E-state index contributed by atoms with van der Waals surface area (Å²) < 4.78 is 2.12. The van der Waals surface area contributed by atoms with Crippen molar-refractivity contribution in [1.82, 2.24) is 14.6 Å². The average Bonchev–Trinajstić information content (AvgIpc) is 3.13. The van der Waals surface area contributed by atoms with Gasteiger partial charge in [0, 0.05) is 5.56 Å². The zero-order valence-corrected chi connectivity index (χ0v) is 15.4. The molecule has 2 heterocycles. The quantitative estimate of drug-likeness (QED) is 0.522. The number of fused-ring (bicyclic) bond motifs is 1. The van der Waals surface area contributed by atoms with Crippen LogP contribution in [0.3, 0.4) is 0 Å². The minimum atomic E-state index is -0.144. The molecule has 0 aliphatic carbocycles. The molecule has 0 radical (unpaired) electrons. The summed E-state index contributed by atoms with van der Waals surface area (Å²) in [6.07, 6.45) is 1.78. The number of aromatic nitrogens is 3. The number of nitrogens with zero attached hydrogens (tertiary/aromatic N) is 3. The topological polar surface area (TPSA) is 47.3 Å². The molecule has 0 saturated carbocycles. The van der Waals surface area contributed by atoms with Crippen molar-refractivity contribution in [1.29, 1.82) is 0 Å². The lowest BCUT2D eigenvalue weighted by molar-refractivity contribution is 1.09. The highest BCUT2D eigenvalue weighted by atomic mass is 35.5. The molecule has 4 aromatic rings. The molecule has 0 aliphatic rings. The van der Waals surface area contributed by atoms with E-state index in [9.17, 15) is 4.79 Å². The van der Waals surface area contributed by atoms with Crippen LogP contribution >= 0.6 is 34.5 Å². The van der Waals surface area contributed by atoms with Gasteiger partial charge in [-0.15, -0.1) is 10.2 Å². The van der Waals surface area contributed by atoms with Crippen molar-refractivity contribution < 1.29 is 0 Å². The van der Waals surface area contributed by atoms with Crippen molar-refractivity contribution in [3.8, 4) is 11.4 Å². The second-order valence-electron chi connectivity index (χ2n) is 5.55. The molecule has 124 valence electrons. The van der Waals surface area contributed by atoms with Crippen LogP contribution in [0.2, 0.25) is 10.0 Å². The number of rotatable bonds is 2. The first-order valence-corrected chi connectivity index (χ1v) is 9.02. The van der Waals surface area contributed by atoms with E-state index in [2.05, 4.69) is 10.2 Å². The summed E-state index contributed by atoms with van der Waals surface area (Å²) in [5, 5.41) is 9.28. The molecular weight excluding hydrogens is 377 g/mol. The van der Waals surface area contributed by atoms with Crippen LogP contribution in [0.25, 0.3) is 22.4 Å². The summed E-state index contributed by atoms with van der Waals surface area (Å²) in [6.45, 7) is 1.98. The number of aryl methyl sites for hydroxylation is 1. The van der Waals surface area contributed by atoms with E-state index in [1.165, 1.54) is 11.3 Å². The lowest BCUT2D eigenvalue weighted by Gasteiger charge is -2.01. The third-order valence-corrected chi connectivity index (χ3v) is 5.57. The van der Waals surface area contributed by atoms with E-state index < -0.39 is 0 Å². The summed E-state index contributed by atoms with van der Waals surface area (Å²) >= 11 is 13.3. The Morgan fingerprint density at radius 2 is 1.88 bits per heavy atom. The minimum Gasteiger partial charge on any atom is -0.267 e. The Bertz CT molecular complexity index is 1210. The standard InChI is InChI=1S/C18H11Cl2N3OS/c1-10-4-2-3-5-12(10)16-21-22-18-23(16)17(24)15(25-18)9-11-6-7-13(19)14(20)8-11/h2-9H,1H3/b15-9-. The third-order valence-electron chi connectivity index (χ3n) is 3.88. The summed E-state index contributed by atoms with van der Waals surface area (Å²) in [5.74, 6) is 0.558. The molecule has 0 aliphatic heterocycles. The molecule has 0 fully saturated rings. The van der Waals surface area contributed by atoms with Crippen LogP contribution < -0.4 is 10.1 Å². The van der Waals surface area contributed by atoms with Gasteiger partial charge in [-0.05, 0) is 36.3 Å². The van der Waals surface area contributed by atoms with Gasteiger partial charge in [-0.1, -0.05) is 64.9 Å². The predicted molar refractivity (Wildman–Crippen MR) is 103 cm³/mol. The van der Waals surface area contributed by atoms with Crippen LogP contribution in [-0.4, -0.2) is 14.6 Å². The molecule has 0 amide bonds. The van der Waals surface area contributed by atoms with Gasteiger partial charge < -0.3 is 0 Å². The maximum atomic E-state index is 12.9. The highest BCUT2D eigenvalue weighted by molar-refractivity contribution is 7.15. The van der Waals surface area contributed by atoms with Gasteiger partial charge in [0.15, 0.2) is 5.82 Å². The highest BCUT2D eigenvalue weighted by Crippen LogP contribution is 2.23. The zero-order valence-electron chi connectivity index (χ0n) is 13.0. The van der Waals surface area contributed by atoms with Crippen molar-refractivity contribution in [2.75, 3.05) is 0 Å². The second-order valence-corrected chi connectivity index (χ2v) is 7.37. The summed E-state index contributed by atoms with van der Waals surface area (Å²) in [7, 11) is 0. The van der Waals surface area contributed by atoms with E-state index in [1.54, 1.807) is 22.6 Å². The Morgan fingerprint density at radius 1 is 1.08 bits per heavy atom. The Morgan fingerprint density at radius 3 is 2.64 bits per heavy atom. The van der Waals surface area contributed by atoms with Gasteiger partial charge in [-0.2, -0.15) is 0 Å². The molecule has 25 heavy (non-hydrogen) atoms. The molecule has 0 saturated heterocycles. The van der Waals surface area contributed by atoms with Crippen LogP contribution in [0, 0.1) is 6.92 Å². The van der Waals surface area contributed by atoms with Gasteiger partial charge in [0.1, 0.15) is 0 Å². The molecule has 2 aromatic carbocycles. The normalized spacial score (nSPS) is 12.2. The van der Waals surface area contributed by atoms with Gasteiger partial charge in [0.05, 0.1) is 14.6 Å². The first-order valence-electron chi connectivity index (χ1n) is 7.45. The van der Waals surface area contributed by atoms with Gasteiger partial charge in [-0.3, -0.25) is 4.79 Å². The van der Waals surface area contributed by atoms with Crippen LogP contribution in [0.15, 0.2) is 47.3 Å². The fraction of sp³-hybridized carbons (Fsp3) is 0.0556. The number of hydrogen-bond donors (Lipinski definition) is 0. The zero-order chi connectivity index (χ0) is 17.6. The number of hydrogen-bond acceptors (Lipinski definition) is 4. The fourth-order valence-electron chi connectivity index (χ4n) is 2.61. The molecule has 7 heteroatoms. The van der Waals surface area contributed by atoms with Crippen LogP contribution in [0.5, 0.6) is 0 Å². The largest absolute Gasteiger partial charge is 0.276 e. The third kappa shape index (κ3) is 2.84. The smallest absolute Gasteiger partial charge is 0.267 e. The molecule has 0 N–H and O–H groups in total. The molecule has 0 spiro atoms. The van der Waals surface area contributed by atoms with Crippen LogP contribution in [0.1, 0.15) is 11.1 Å². The van der Waals surface area contributed by atoms with E-state index in [0.29, 0.717) is 25.4 Å². The molecule has 4 nitrogen and oxygen atoms in total. The number of benzene rings is 2. The average molecular weight is 388 g/mol. The van der Waals surface area contributed by atoms with Gasteiger partial charge >= 0.3 is 0 Å². The molecular formula is C18H11Cl2N3OS. The summed E-state index contributed by atoms with van der Waals surface area (Å²) in [4.78, 5) is 13.4. The van der Waals surface area contributed by atoms with E-state index >= 15 is 0 Å². The predicted octanol–water partition coefficient (Wildman–Crippen LogP) is 3.98. The molecule has 2 aromatic heterocycles. The number of halogens is 2. The molecule has 0 atom stereocenters. The monoisotopic (exact) mass is 387 g/mol. The fourth-order valence-corrected chi connectivity index (χ4v) is 3.83. The number of thiazole rings is 1. The van der Waals surface area contributed by atoms with E-state index in [1.807, 2.05) is 37.3 Å². The molecule has 0 bridgehead atoms. The first-order chi connectivity index (χ1) is 12.0. The highest BCUT2D eigenvalue weighted by Gasteiger charge is 2.15. The van der Waals surface area contributed by atoms with Crippen molar-refractivity contribution >= 4 is 45.6 Å². The Kier molecular flexibility index (Phi) is 4.07.